The molecule has 2 aromatic heterocycles. The third-order valence-electron chi connectivity index (χ3n) is 6.08. The Labute approximate surface area is 213 Å². The van der Waals surface area contributed by atoms with E-state index in [-0.39, 0.29) is 19.6 Å². The van der Waals surface area contributed by atoms with Gasteiger partial charge in [-0.25, -0.2) is 9.78 Å². The number of aromatic nitrogens is 1. The number of rotatable bonds is 8. The van der Waals surface area contributed by atoms with Crippen LogP contribution in [0.1, 0.15) is 28.5 Å². The van der Waals surface area contributed by atoms with E-state index < -0.39 is 11.9 Å². The largest absolute Gasteiger partial charge is 0.497 e. The van der Waals surface area contributed by atoms with Crippen LogP contribution in [-0.4, -0.2) is 30.6 Å². The first kappa shape index (κ1) is 24.1. The molecule has 5 rings (SSSR count). The van der Waals surface area contributed by atoms with E-state index in [2.05, 4.69) is 0 Å². The molecule has 7 heteroatoms. The Balaban J connectivity index is 1.48. The molecule has 0 radical (unpaired) electrons. The second-order valence-corrected chi connectivity index (χ2v) is 8.37. The highest BCUT2D eigenvalue weighted by Crippen LogP contribution is 2.34. The molecular formula is C30H25NO6. The molecule has 0 saturated heterocycles. The lowest BCUT2D eigenvalue weighted by Gasteiger charge is -2.17. The predicted molar refractivity (Wildman–Crippen MR) is 139 cm³/mol. The Morgan fingerprint density at radius 2 is 1.70 bits per heavy atom. The molecule has 7 nitrogen and oxygen atoms in total. The zero-order chi connectivity index (χ0) is 25.8. The Morgan fingerprint density at radius 1 is 0.919 bits per heavy atom. The molecule has 0 atom stereocenters. The highest BCUT2D eigenvalue weighted by atomic mass is 16.5. The molecule has 2 heterocycles. The fourth-order valence-corrected chi connectivity index (χ4v) is 4.38. The van der Waals surface area contributed by atoms with Crippen LogP contribution in [0.25, 0.3) is 33.0 Å². The molecule has 0 spiro atoms. The van der Waals surface area contributed by atoms with Crippen LogP contribution in [-0.2, 0) is 27.3 Å². The molecule has 0 bridgehead atoms. The number of para-hydroxylation sites is 1. The second-order valence-electron chi connectivity index (χ2n) is 8.37. The summed E-state index contributed by atoms with van der Waals surface area (Å²) in [5, 5.41) is 1.62. The summed E-state index contributed by atoms with van der Waals surface area (Å²) in [4.78, 5) is 30.7. The van der Waals surface area contributed by atoms with E-state index in [1.54, 1.807) is 20.1 Å². The van der Waals surface area contributed by atoms with Gasteiger partial charge in [0.2, 0.25) is 0 Å². The third-order valence-corrected chi connectivity index (χ3v) is 6.08. The molecule has 0 amide bonds. The zero-order valence-corrected chi connectivity index (χ0v) is 20.5. The van der Waals surface area contributed by atoms with Gasteiger partial charge in [0, 0.05) is 28.0 Å². The van der Waals surface area contributed by atoms with Crippen LogP contribution >= 0.6 is 0 Å². The Bertz CT molecular complexity index is 1590. The van der Waals surface area contributed by atoms with E-state index in [9.17, 15) is 9.59 Å². The molecule has 0 aliphatic heterocycles. The first-order valence-corrected chi connectivity index (χ1v) is 11.9. The lowest BCUT2D eigenvalue weighted by molar-refractivity contribution is -0.144. The van der Waals surface area contributed by atoms with Crippen molar-refractivity contribution in [3.8, 4) is 16.9 Å². The predicted octanol–water partition coefficient (Wildman–Crippen LogP) is 6.12. The summed E-state index contributed by atoms with van der Waals surface area (Å²) >= 11 is 0. The van der Waals surface area contributed by atoms with Crippen LogP contribution in [0, 0.1) is 0 Å². The van der Waals surface area contributed by atoms with Crippen LogP contribution < -0.4 is 4.74 Å². The van der Waals surface area contributed by atoms with E-state index in [0.29, 0.717) is 39.2 Å². The highest BCUT2D eigenvalue weighted by Gasteiger charge is 2.24. The summed E-state index contributed by atoms with van der Waals surface area (Å²) < 4.78 is 21.8. The monoisotopic (exact) mass is 495 g/mol. The number of fused-ring (bicyclic) bond motifs is 2. The molecule has 5 aromatic rings. The normalized spacial score (nSPS) is 11.0. The van der Waals surface area contributed by atoms with Crippen LogP contribution in [0.5, 0.6) is 5.75 Å². The summed E-state index contributed by atoms with van der Waals surface area (Å²) in [7, 11) is 1.58. The lowest BCUT2D eigenvalue weighted by atomic mass is 9.94. The van der Waals surface area contributed by atoms with Gasteiger partial charge in [-0.1, -0.05) is 48.5 Å². The minimum atomic E-state index is -0.513. The average Bonchev–Trinajstić information content (AvgIpc) is 3.33. The number of carbonyl (C=O) groups is 2. The van der Waals surface area contributed by atoms with E-state index in [4.69, 9.17) is 23.6 Å². The first-order valence-electron chi connectivity index (χ1n) is 11.9. The van der Waals surface area contributed by atoms with E-state index in [1.165, 1.54) is 6.26 Å². The summed E-state index contributed by atoms with van der Waals surface area (Å²) in [6.07, 6.45) is 1.55. The van der Waals surface area contributed by atoms with Crippen molar-refractivity contribution in [2.75, 3.05) is 13.7 Å². The smallest absolute Gasteiger partial charge is 0.340 e. The fourth-order valence-electron chi connectivity index (χ4n) is 4.38. The molecule has 0 saturated carbocycles. The SMILES string of the molecule is CCOC(=O)c1c(COC(=O)Cc2coc3cc(OC)ccc23)nc2ccccc2c1-c1ccccc1. The maximum Gasteiger partial charge on any atom is 0.340 e. The molecule has 3 aromatic carbocycles. The number of furan rings is 1. The van der Waals surface area contributed by atoms with Crippen LogP contribution in [0.2, 0.25) is 0 Å². The van der Waals surface area contributed by atoms with Gasteiger partial charge < -0.3 is 18.6 Å². The van der Waals surface area contributed by atoms with Crippen molar-refractivity contribution in [3.05, 3.63) is 95.9 Å². The number of carbonyl (C=O) groups excluding carboxylic acids is 2. The molecule has 0 unspecified atom stereocenters. The number of methoxy groups -OCH3 is 1. The standard InChI is InChI=1S/C30H25NO6/c1-3-35-30(33)29-25(31-24-12-8-7-11-23(24)28(29)19-9-5-4-6-10-19)18-37-27(32)15-20-17-36-26-16-21(34-2)13-14-22(20)26/h4-14,16-17H,3,15,18H2,1-2H3. The maximum absolute atomic E-state index is 13.2. The van der Waals surface area contributed by atoms with E-state index in [1.807, 2.05) is 66.7 Å². The van der Waals surface area contributed by atoms with Gasteiger partial charge in [0.15, 0.2) is 0 Å². The quantitative estimate of drug-likeness (QED) is 0.240. The van der Waals surface area contributed by atoms with Crippen LogP contribution in [0.15, 0.2) is 83.5 Å². The van der Waals surface area contributed by atoms with Gasteiger partial charge in [0.25, 0.3) is 0 Å². The second kappa shape index (κ2) is 10.5. The van der Waals surface area contributed by atoms with Crippen molar-refractivity contribution in [1.82, 2.24) is 4.98 Å². The number of esters is 2. The van der Waals surface area contributed by atoms with Gasteiger partial charge in [-0.3, -0.25) is 4.79 Å². The van der Waals surface area contributed by atoms with E-state index >= 15 is 0 Å². The van der Waals surface area contributed by atoms with Crippen molar-refractivity contribution >= 4 is 33.8 Å². The molecule has 0 fully saturated rings. The number of ether oxygens (including phenoxy) is 3. The molecule has 37 heavy (non-hydrogen) atoms. The minimum Gasteiger partial charge on any atom is -0.497 e. The summed E-state index contributed by atoms with van der Waals surface area (Å²) in [6, 6.07) is 22.6. The first-order chi connectivity index (χ1) is 18.1. The topological polar surface area (TPSA) is 87.9 Å². The Kier molecular flexibility index (Phi) is 6.85. The van der Waals surface area contributed by atoms with Crippen molar-refractivity contribution < 1.29 is 28.2 Å². The zero-order valence-electron chi connectivity index (χ0n) is 20.5. The molecule has 0 N–H and O–H groups in total. The lowest BCUT2D eigenvalue weighted by Crippen LogP contribution is -2.15. The van der Waals surface area contributed by atoms with Gasteiger partial charge in [0.05, 0.1) is 43.2 Å². The summed E-state index contributed by atoms with van der Waals surface area (Å²) in [6.45, 7) is 1.78. The Morgan fingerprint density at radius 3 is 2.49 bits per heavy atom. The third kappa shape index (κ3) is 4.89. The van der Waals surface area contributed by atoms with Crippen LogP contribution in [0.4, 0.5) is 0 Å². The molecular weight excluding hydrogens is 470 g/mol. The van der Waals surface area contributed by atoms with Gasteiger partial charge in [-0.05, 0) is 30.7 Å². The Hall–Kier alpha value is -4.65. The number of nitrogens with zero attached hydrogens (tertiary/aromatic N) is 1. The van der Waals surface area contributed by atoms with Gasteiger partial charge in [-0.2, -0.15) is 0 Å². The molecule has 0 aliphatic rings. The molecule has 186 valence electrons. The highest BCUT2D eigenvalue weighted by molar-refractivity contribution is 6.08. The number of pyridine rings is 1. The summed E-state index contributed by atoms with van der Waals surface area (Å²) in [5.74, 6) is -0.316. The molecule has 0 aliphatic carbocycles. The fraction of sp³-hybridized carbons (Fsp3) is 0.167. The van der Waals surface area contributed by atoms with Crippen molar-refractivity contribution in [1.29, 1.82) is 0 Å². The summed E-state index contributed by atoms with van der Waals surface area (Å²) in [5.41, 5.74) is 4.18. The van der Waals surface area contributed by atoms with Crippen LogP contribution in [0.3, 0.4) is 0 Å². The van der Waals surface area contributed by atoms with Crippen molar-refractivity contribution in [3.63, 3.8) is 0 Å². The maximum atomic E-state index is 13.2. The van der Waals surface area contributed by atoms with Gasteiger partial charge in [0.1, 0.15) is 17.9 Å². The average molecular weight is 496 g/mol. The number of hydrogen-bond donors (Lipinski definition) is 0. The van der Waals surface area contributed by atoms with Crippen molar-refractivity contribution in [2.24, 2.45) is 0 Å². The van der Waals surface area contributed by atoms with E-state index in [0.717, 1.165) is 16.3 Å². The number of benzene rings is 3. The van der Waals surface area contributed by atoms with Crippen molar-refractivity contribution in [2.45, 2.75) is 20.0 Å². The minimum absolute atomic E-state index is 0.00714. The van der Waals surface area contributed by atoms with Gasteiger partial charge >= 0.3 is 11.9 Å². The van der Waals surface area contributed by atoms with Gasteiger partial charge in [-0.15, -0.1) is 0 Å². The number of hydrogen-bond acceptors (Lipinski definition) is 7.